The van der Waals surface area contributed by atoms with E-state index in [9.17, 15) is 0 Å². The lowest BCUT2D eigenvalue weighted by molar-refractivity contribution is 0.0904. The van der Waals surface area contributed by atoms with Crippen molar-refractivity contribution in [3.63, 3.8) is 0 Å². The van der Waals surface area contributed by atoms with Gasteiger partial charge in [-0.2, -0.15) is 0 Å². The Kier molecular flexibility index (Phi) is 6.68. The van der Waals surface area contributed by atoms with Gasteiger partial charge in [-0.1, -0.05) is 41.1 Å². The Morgan fingerprint density at radius 1 is 1.33 bits per heavy atom. The summed E-state index contributed by atoms with van der Waals surface area (Å²) in [4.78, 5) is 5.12. The van der Waals surface area contributed by atoms with Crippen LogP contribution in [-0.4, -0.2) is 56.1 Å². The van der Waals surface area contributed by atoms with E-state index >= 15 is 0 Å². The van der Waals surface area contributed by atoms with Gasteiger partial charge in [0.05, 0.1) is 0 Å². The predicted molar refractivity (Wildman–Crippen MR) is 93.7 cm³/mol. The average Bonchev–Trinajstić information content (AvgIpc) is 2.51. The molecule has 1 fully saturated rings. The molecule has 2 unspecified atom stereocenters. The molecule has 0 amide bonds. The van der Waals surface area contributed by atoms with Gasteiger partial charge in [-0.3, -0.25) is 0 Å². The van der Waals surface area contributed by atoms with E-state index < -0.39 is 0 Å². The highest BCUT2D eigenvalue weighted by atomic mass is 79.9. The maximum absolute atomic E-state index is 3.67. The van der Waals surface area contributed by atoms with Crippen LogP contribution in [0.2, 0.25) is 0 Å². The summed E-state index contributed by atoms with van der Waals surface area (Å²) in [5, 5.41) is 3.47. The maximum atomic E-state index is 3.67. The van der Waals surface area contributed by atoms with Crippen molar-refractivity contribution in [2.75, 3.05) is 40.3 Å². The zero-order valence-electron chi connectivity index (χ0n) is 13.5. The van der Waals surface area contributed by atoms with E-state index in [1.165, 1.54) is 36.1 Å². The number of rotatable bonds is 6. The third-order valence-corrected chi connectivity index (χ3v) is 5.42. The van der Waals surface area contributed by atoms with E-state index in [2.05, 4.69) is 76.3 Å². The fourth-order valence-electron chi connectivity index (χ4n) is 3.18. The topological polar surface area (TPSA) is 18.5 Å². The molecule has 2 rings (SSSR count). The molecule has 21 heavy (non-hydrogen) atoms. The summed E-state index contributed by atoms with van der Waals surface area (Å²) in [5.41, 5.74) is 1.36. The van der Waals surface area contributed by atoms with Crippen molar-refractivity contribution < 1.29 is 0 Å². The smallest absolute Gasteiger partial charge is 0.0340 e. The molecule has 1 N–H and O–H groups in total. The summed E-state index contributed by atoms with van der Waals surface area (Å²) in [5.74, 6) is 0. The van der Waals surface area contributed by atoms with E-state index in [0.717, 1.165) is 19.0 Å². The molecule has 4 heteroatoms. The minimum Gasteiger partial charge on any atom is -0.313 e. The number of hydrogen-bond donors (Lipinski definition) is 1. The number of nitrogens with one attached hydrogen (secondary N) is 1. The normalized spacial score (nSPS) is 22.4. The highest BCUT2D eigenvalue weighted by molar-refractivity contribution is 9.10. The van der Waals surface area contributed by atoms with E-state index in [-0.39, 0.29) is 0 Å². The molecule has 0 saturated carbocycles. The second-order valence-electron chi connectivity index (χ2n) is 5.99. The van der Waals surface area contributed by atoms with Gasteiger partial charge in [0.2, 0.25) is 0 Å². The van der Waals surface area contributed by atoms with Crippen molar-refractivity contribution in [1.29, 1.82) is 0 Å². The highest BCUT2D eigenvalue weighted by Gasteiger charge is 2.23. The molecule has 1 aromatic rings. The van der Waals surface area contributed by atoms with Crippen LogP contribution in [0.3, 0.4) is 0 Å². The van der Waals surface area contributed by atoms with Crippen LogP contribution >= 0.6 is 15.9 Å². The number of halogens is 1. The lowest BCUT2D eigenvalue weighted by Gasteiger charge is -2.39. The number of hydrogen-bond acceptors (Lipinski definition) is 3. The second-order valence-corrected chi connectivity index (χ2v) is 6.85. The fraction of sp³-hybridized carbons (Fsp3) is 0.647. The van der Waals surface area contributed by atoms with Gasteiger partial charge in [0.15, 0.2) is 0 Å². The quantitative estimate of drug-likeness (QED) is 0.847. The lowest BCUT2D eigenvalue weighted by atomic mass is 10.0. The van der Waals surface area contributed by atoms with E-state index in [0.29, 0.717) is 6.04 Å². The van der Waals surface area contributed by atoms with Crippen molar-refractivity contribution >= 4 is 15.9 Å². The Morgan fingerprint density at radius 2 is 2.10 bits per heavy atom. The zero-order valence-corrected chi connectivity index (χ0v) is 15.1. The van der Waals surface area contributed by atoms with Crippen LogP contribution in [0.1, 0.15) is 31.4 Å². The van der Waals surface area contributed by atoms with Crippen molar-refractivity contribution in [3.05, 3.63) is 34.3 Å². The highest BCUT2D eigenvalue weighted by Crippen LogP contribution is 2.25. The van der Waals surface area contributed by atoms with Gasteiger partial charge in [0.25, 0.3) is 0 Å². The van der Waals surface area contributed by atoms with Crippen molar-refractivity contribution in [2.24, 2.45) is 0 Å². The van der Waals surface area contributed by atoms with Gasteiger partial charge in [-0.05, 0) is 38.6 Å². The van der Waals surface area contributed by atoms with Crippen molar-refractivity contribution in [2.45, 2.75) is 31.8 Å². The molecule has 0 spiro atoms. The largest absolute Gasteiger partial charge is 0.313 e. The molecule has 1 aromatic carbocycles. The first-order valence-electron chi connectivity index (χ1n) is 8.00. The Labute approximate surface area is 137 Å². The van der Waals surface area contributed by atoms with Crippen LogP contribution < -0.4 is 5.32 Å². The van der Waals surface area contributed by atoms with Crippen molar-refractivity contribution in [1.82, 2.24) is 15.1 Å². The summed E-state index contributed by atoms with van der Waals surface area (Å²) >= 11 is 3.67. The molecule has 118 valence electrons. The van der Waals surface area contributed by atoms with Crippen LogP contribution in [0, 0.1) is 0 Å². The van der Waals surface area contributed by atoms with Crippen LogP contribution in [0.15, 0.2) is 28.7 Å². The minimum absolute atomic E-state index is 0.417. The van der Waals surface area contributed by atoms with Gasteiger partial charge in [0.1, 0.15) is 0 Å². The standard InChI is InChI=1S/C17H28BrN3/c1-4-14-13-21(12-11-20(14)3)10-9-17(19-2)15-7-5-6-8-16(15)18/h5-8,14,17,19H,4,9-13H2,1-3H3. The molecule has 0 aromatic heterocycles. The molecule has 3 nitrogen and oxygen atoms in total. The molecule has 2 atom stereocenters. The van der Waals surface area contributed by atoms with Crippen molar-refractivity contribution in [3.8, 4) is 0 Å². The Hall–Kier alpha value is -0.420. The first-order chi connectivity index (χ1) is 10.2. The molecule has 0 aliphatic carbocycles. The molecular formula is C17H28BrN3. The van der Waals surface area contributed by atoms with Gasteiger partial charge in [-0.25, -0.2) is 0 Å². The van der Waals surface area contributed by atoms with Gasteiger partial charge in [0, 0.05) is 42.7 Å². The number of benzene rings is 1. The second kappa shape index (κ2) is 8.28. The average molecular weight is 354 g/mol. The van der Waals surface area contributed by atoms with Crippen LogP contribution in [-0.2, 0) is 0 Å². The van der Waals surface area contributed by atoms with Crippen LogP contribution in [0.5, 0.6) is 0 Å². The van der Waals surface area contributed by atoms with Gasteiger partial charge < -0.3 is 15.1 Å². The summed E-state index contributed by atoms with van der Waals surface area (Å²) in [6, 6.07) is 9.67. The zero-order chi connectivity index (χ0) is 15.2. The SMILES string of the molecule is CCC1CN(CCC(NC)c2ccccc2Br)CCN1C. The molecule has 1 saturated heterocycles. The Balaban J connectivity index is 1.90. The Morgan fingerprint density at radius 3 is 2.76 bits per heavy atom. The Bertz CT molecular complexity index is 438. The van der Waals surface area contributed by atoms with E-state index in [1.807, 2.05) is 0 Å². The third kappa shape index (κ3) is 4.52. The van der Waals surface area contributed by atoms with E-state index in [4.69, 9.17) is 0 Å². The fourth-order valence-corrected chi connectivity index (χ4v) is 3.74. The molecule has 1 aliphatic heterocycles. The predicted octanol–water partition coefficient (Wildman–Crippen LogP) is 3.13. The third-order valence-electron chi connectivity index (χ3n) is 4.70. The molecule has 0 bridgehead atoms. The number of likely N-dealkylation sites (N-methyl/N-ethyl adjacent to an activating group) is 1. The monoisotopic (exact) mass is 353 g/mol. The minimum atomic E-state index is 0.417. The first kappa shape index (κ1) is 16.9. The van der Waals surface area contributed by atoms with E-state index in [1.54, 1.807) is 0 Å². The van der Waals surface area contributed by atoms with Gasteiger partial charge >= 0.3 is 0 Å². The molecule has 0 radical (unpaired) electrons. The van der Waals surface area contributed by atoms with Crippen LogP contribution in [0.25, 0.3) is 0 Å². The summed E-state index contributed by atoms with van der Waals surface area (Å²) in [7, 11) is 4.31. The summed E-state index contributed by atoms with van der Waals surface area (Å²) in [6.45, 7) is 7.05. The number of nitrogens with zero attached hydrogens (tertiary/aromatic N) is 2. The molecular weight excluding hydrogens is 326 g/mol. The maximum Gasteiger partial charge on any atom is 0.0340 e. The first-order valence-corrected chi connectivity index (χ1v) is 8.79. The van der Waals surface area contributed by atoms with Gasteiger partial charge in [-0.15, -0.1) is 0 Å². The van der Waals surface area contributed by atoms with Crippen LogP contribution in [0.4, 0.5) is 0 Å². The lowest BCUT2D eigenvalue weighted by Crippen LogP contribution is -2.51. The molecule has 1 heterocycles. The summed E-state index contributed by atoms with van der Waals surface area (Å²) < 4.78 is 1.20. The summed E-state index contributed by atoms with van der Waals surface area (Å²) in [6.07, 6.45) is 2.39. The molecule has 1 aliphatic rings. The number of piperazine rings is 1.